The Kier molecular flexibility index (Phi) is 10.2. The number of ether oxygens (including phenoxy) is 1. The number of alkyl halides is 1. The van der Waals surface area contributed by atoms with Gasteiger partial charge in [-0.3, -0.25) is 9.59 Å². The van der Waals surface area contributed by atoms with Gasteiger partial charge in [0.1, 0.15) is 12.5 Å². The Labute approximate surface area is 274 Å². The van der Waals surface area contributed by atoms with Crippen LogP contribution in [0, 0.1) is 30.0 Å². The van der Waals surface area contributed by atoms with E-state index in [2.05, 4.69) is 16.0 Å². The maximum atomic E-state index is 15.3. The number of benzene rings is 3. The number of piperidine rings is 1. The van der Waals surface area contributed by atoms with Gasteiger partial charge in [-0.2, -0.15) is 0 Å². The van der Waals surface area contributed by atoms with Gasteiger partial charge in [0, 0.05) is 60.7 Å². The van der Waals surface area contributed by atoms with Gasteiger partial charge in [0.05, 0.1) is 17.5 Å². The maximum absolute atomic E-state index is 15.3. The Balaban J connectivity index is 1.36. The van der Waals surface area contributed by atoms with Crippen LogP contribution in [-0.2, 0) is 9.53 Å². The van der Waals surface area contributed by atoms with Gasteiger partial charge in [-0.05, 0) is 92.5 Å². The highest BCUT2D eigenvalue weighted by atomic mass is 19.1. The Hall–Kier alpha value is -4.31. The highest BCUT2D eigenvalue weighted by molar-refractivity contribution is 5.99. The molecule has 3 fully saturated rings. The minimum Gasteiger partial charge on any atom is -0.382 e. The van der Waals surface area contributed by atoms with E-state index in [1.54, 1.807) is 37.3 Å². The number of carbonyl (C=O) groups is 2. The van der Waals surface area contributed by atoms with Crippen molar-refractivity contribution in [1.29, 1.82) is 5.41 Å². The van der Waals surface area contributed by atoms with Crippen LogP contribution in [0.25, 0.3) is 0 Å². The monoisotopic (exact) mass is 643 g/mol. The van der Waals surface area contributed by atoms with Crippen molar-refractivity contribution < 1.29 is 23.1 Å². The summed E-state index contributed by atoms with van der Waals surface area (Å²) in [6.45, 7) is 2.77. The zero-order valence-corrected chi connectivity index (χ0v) is 26.7. The van der Waals surface area contributed by atoms with Crippen LogP contribution in [0.2, 0.25) is 0 Å². The molecule has 1 saturated carbocycles. The van der Waals surface area contributed by atoms with E-state index in [9.17, 15) is 14.0 Å². The molecule has 4 N–H and O–H groups in total. The lowest BCUT2D eigenvalue weighted by Crippen LogP contribution is -2.54. The van der Waals surface area contributed by atoms with Crippen LogP contribution in [0.3, 0.4) is 0 Å². The third-order valence-electron chi connectivity index (χ3n) is 9.95. The van der Waals surface area contributed by atoms with Crippen LogP contribution < -0.4 is 16.0 Å². The molecule has 0 aromatic heterocycles. The van der Waals surface area contributed by atoms with Crippen molar-refractivity contribution in [2.75, 3.05) is 42.4 Å². The number of nitrogens with zero attached hydrogens (tertiary/aromatic N) is 1. The summed E-state index contributed by atoms with van der Waals surface area (Å²) in [5.74, 6) is -1.69. The molecule has 6 rings (SSSR count). The van der Waals surface area contributed by atoms with E-state index < -0.39 is 30.4 Å². The van der Waals surface area contributed by atoms with Gasteiger partial charge in [-0.1, -0.05) is 30.7 Å². The Morgan fingerprint density at radius 1 is 1.02 bits per heavy atom. The Morgan fingerprint density at radius 2 is 1.79 bits per heavy atom. The summed E-state index contributed by atoms with van der Waals surface area (Å²) in [4.78, 5) is 30.6. The first-order valence-electron chi connectivity index (χ1n) is 16.6. The van der Waals surface area contributed by atoms with Crippen molar-refractivity contribution in [1.82, 2.24) is 4.90 Å². The molecule has 1 aliphatic carbocycles. The molecule has 10 heteroatoms. The molecule has 0 spiro atoms. The number of halogens is 2. The molecule has 47 heavy (non-hydrogen) atoms. The third-order valence-corrected chi connectivity index (χ3v) is 9.95. The summed E-state index contributed by atoms with van der Waals surface area (Å²) in [7, 11) is 0. The summed E-state index contributed by atoms with van der Waals surface area (Å²) in [6.07, 6.45) is 6.22. The van der Waals surface area contributed by atoms with Crippen LogP contribution in [0.15, 0.2) is 60.7 Å². The molecule has 0 bridgehead atoms. The second kappa shape index (κ2) is 14.6. The van der Waals surface area contributed by atoms with E-state index in [0.717, 1.165) is 62.8 Å². The van der Waals surface area contributed by atoms with Crippen LogP contribution in [0.1, 0.15) is 71.6 Å². The van der Waals surface area contributed by atoms with Crippen LogP contribution in [-0.4, -0.2) is 61.4 Å². The van der Waals surface area contributed by atoms with Gasteiger partial charge in [0.15, 0.2) is 0 Å². The lowest BCUT2D eigenvalue weighted by atomic mass is 9.76. The Bertz CT molecular complexity index is 1570. The molecule has 3 aromatic carbocycles. The molecule has 0 unspecified atom stereocenters. The van der Waals surface area contributed by atoms with E-state index in [1.165, 1.54) is 6.07 Å². The van der Waals surface area contributed by atoms with Gasteiger partial charge in [-0.15, -0.1) is 0 Å². The van der Waals surface area contributed by atoms with Crippen molar-refractivity contribution in [2.24, 2.45) is 11.8 Å². The van der Waals surface area contributed by atoms with Crippen molar-refractivity contribution in [3.8, 4) is 0 Å². The van der Waals surface area contributed by atoms with E-state index >= 15 is 4.39 Å². The number of rotatable bonds is 10. The topological polar surface area (TPSA) is 107 Å². The first-order chi connectivity index (χ1) is 22.9. The fourth-order valence-corrected chi connectivity index (χ4v) is 7.66. The average Bonchev–Trinajstić information content (AvgIpc) is 3.56. The summed E-state index contributed by atoms with van der Waals surface area (Å²) in [5, 5.41) is 17.5. The molecular weight excluding hydrogens is 600 g/mol. The highest BCUT2D eigenvalue weighted by Crippen LogP contribution is 2.49. The number of fused-ring (bicyclic) bond motifs is 1. The molecule has 3 aliphatic rings. The minimum absolute atomic E-state index is 0.0500. The quantitative estimate of drug-likeness (QED) is 0.176. The van der Waals surface area contributed by atoms with Crippen LogP contribution in [0.5, 0.6) is 0 Å². The summed E-state index contributed by atoms with van der Waals surface area (Å²) >= 11 is 0. The molecule has 2 saturated heterocycles. The van der Waals surface area contributed by atoms with Gasteiger partial charge >= 0.3 is 0 Å². The van der Waals surface area contributed by atoms with E-state index in [1.807, 2.05) is 29.2 Å². The summed E-state index contributed by atoms with van der Waals surface area (Å²) < 4.78 is 33.6. The fourth-order valence-electron chi connectivity index (χ4n) is 7.66. The zero-order valence-electron chi connectivity index (χ0n) is 26.7. The lowest BCUT2D eigenvalue weighted by Gasteiger charge is -2.48. The summed E-state index contributed by atoms with van der Waals surface area (Å²) in [6, 6.07) is 17.3. The number of hydrogen-bond donors (Lipinski definition) is 4. The second-order valence-electron chi connectivity index (χ2n) is 12.9. The molecule has 2 amide bonds. The van der Waals surface area contributed by atoms with Crippen molar-refractivity contribution >= 4 is 35.1 Å². The molecule has 2 aliphatic heterocycles. The van der Waals surface area contributed by atoms with Crippen LogP contribution >= 0.6 is 0 Å². The summed E-state index contributed by atoms with van der Waals surface area (Å²) in [5.41, 5.74) is 4.02. The molecule has 4 atom stereocenters. The normalized spacial score (nSPS) is 22.7. The first kappa shape index (κ1) is 32.6. The van der Waals surface area contributed by atoms with E-state index in [0.29, 0.717) is 35.0 Å². The third kappa shape index (κ3) is 7.02. The number of carbonyl (C=O) groups excluding carboxylic acids is 2. The highest BCUT2D eigenvalue weighted by Gasteiger charge is 2.50. The number of aryl methyl sites for hydroxylation is 1. The predicted octanol–water partition coefficient (Wildman–Crippen LogP) is 7.11. The number of amides is 2. The molecule has 248 valence electrons. The maximum Gasteiger partial charge on any atom is 0.257 e. The predicted molar refractivity (Wildman–Crippen MR) is 181 cm³/mol. The zero-order chi connectivity index (χ0) is 32.9. The molecule has 2 heterocycles. The number of anilines is 3. The number of likely N-dealkylation sites (tertiary alicyclic amines) is 1. The fraction of sp³-hybridized carbons (Fsp3) is 0.432. The van der Waals surface area contributed by atoms with Crippen molar-refractivity contribution in [3.05, 3.63) is 88.7 Å². The second-order valence-corrected chi connectivity index (χ2v) is 12.9. The van der Waals surface area contributed by atoms with Crippen LogP contribution in [0.4, 0.5) is 25.8 Å². The smallest absolute Gasteiger partial charge is 0.257 e. The average molecular weight is 644 g/mol. The van der Waals surface area contributed by atoms with Gasteiger partial charge < -0.3 is 31.0 Å². The van der Waals surface area contributed by atoms with E-state index in [-0.39, 0.29) is 30.0 Å². The van der Waals surface area contributed by atoms with Gasteiger partial charge in [-0.25, -0.2) is 8.78 Å². The van der Waals surface area contributed by atoms with Crippen molar-refractivity contribution in [3.63, 3.8) is 0 Å². The van der Waals surface area contributed by atoms with Crippen molar-refractivity contribution in [2.45, 2.75) is 63.6 Å². The molecule has 0 radical (unpaired) electrons. The molecule has 3 aromatic rings. The SMILES string of the molecule is Cc1cccc(F)c1C(=O)N1[C@@H]2CCC[C@@H]2C[C@H](C(=O)Nc2ccc(NCCF)c(C=N)c2)[C@@H]1c1ccc(NC2CCOCC2)cc1. The first-order valence-corrected chi connectivity index (χ1v) is 16.6. The van der Waals surface area contributed by atoms with Gasteiger partial charge in [0.25, 0.3) is 5.91 Å². The largest absolute Gasteiger partial charge is 0.382 e. The molecular formula is C37H43F2N5O3. The van der Waals surface area contributed by atoms with E-state index in [4.69, 9.17) is 10.1 Å². The molecule has 8 nitrogen and oxygen atoms in total. The minimum atomic E-state index is -0.620. The Morgan fingerprint density at radius 3 is 2.51 bits per heavy atom. The standard InChI is InChI=1S/C37H43F2N5O3/c1-23-4-2-6-31(39)34(23)37(46)44-33-7-3-5-25(33)21-30(36(45)43-29-12-13-32(41-17-16-38)26(20-29)22-40)35(44)24-8-10-27(11-9-24)42-28-14-18-47-19-15-28/h2,4,6,8-13,20,22,25,28,30,33,35,40-42H,3,5,7,14-19,21H2,1H3,(H,43,45)/t25-,30+,33-,35+/m1/s1. The number of nitrogens with one attached hydrogen (secondary N) is 4. The lowest BCUT2D eigenvalue weighted by molar-refractivity contribution is -0.125. The number of hydrogen-bond acceptors (Lipinski definition) is 6. The van der Waals surface area contributed by atoms with Gasteiger partial charge in [0.2, 0.25) is 5.91 Å².